The van der Waals surface area contributed by atoms with E-state index in [1.54, 1.807) is 0 Å². The molecule has 27 heavy (non-hydrogen) atoms. The number of aryl methyl sites for hydroxylation is 1. The first-order valence-electron chi connectivity index (χ1n) is 10.1. The molecule has 144 valence electrons. The fraction of sp³-hybridized carbons (Fsp3) is 0.435. The zero-order chi connectivity index (χ0) is 18.7. The maximum absolute atomic E-state index is 12.3. The molecule has 4 heteroatoms. The second-order valence-electron chi connectivity index (χ2n) is 7.20. The number of benzene rings is 2. The molecular formula is C23H30N2O2. The summed E-state index contributed by atoms with van der Waals surface area (Å²) in [6, 6.07) is 18.1. The first-order valence-corrected chi connectivity index (χ1v) is 10.1. The summed E-state index contributed by atoms with van der Waals surface area (Å²) in [6.07, 6.45) is 6.92. The fourth-order valence-electron chi connectivity index (χ4n) is 3.47. The van der Waals surface area contributed by atoms with Crippen LogP contribution in [0.3, 0.4) is 0 Å². The predicted molar refractivity (Wildman–Crippen MR) is 110 cm³/mol. The van der Waals surface area contributed by atoms with Crippen molar-refractivity contribution in [1.82, 2.24) is 4.90 Å². The van der Waals surface area contributed by atoms with Crippen molar-refractivity contribution in [1.29, 1.82) is 0 Å². The van der Waals surface area contributed by atoms with E-state index in [1.807, 2.05) is 30.3 Å². The third kappa shape index (κ3) is 7.06. The van der Waals surface area contributed by atoms with E-state index in [2.05, 4.69) is 34.5 Å². The van der Waals surface area contributed by atoms with Gasteiger partial charge in [0.15, 0.2) is 0 Å². The van der Waals surface area contributed by atoms with Gasteiger partial charge in [0.05, 0.1) is 13.2 Å². The minimum Gasteiger partial charge on any atom is -0.494 e. The van der Waals surface area contributed by atoms with Crippen molar-refractivity contribution in [3.8, 4) is 5.75 Å². The molecule has 1 N–H and O–H groups in total. The van der Waals surface area contributed by atoms with E-state index < -0.39 is 0 Å². The zero-order valence-corrected chi connectivity index (χ0v) is 16.0. The van der Waals surface area contributed by atoms with E-state index in [0.29, 0.717) is 13.2 Å². The van der Waals surface area contributed by atoms with Crippen LogP contribution < -0.4 is 10.1 Å². The minimum atomic E-state index is 0.0538. The first-order chi connectivity index (χ1) is 13.3. The van der Waals surface area contributed by atoms with Crippen LogP contribution in [0.2, 0.25) is 0 Å². The van der Waals surface area contributed by atoms with Crippen LogP contribution in [0.4, 0.5) is 5.69 Å². The third-order valence-electron chi connectivity index (χ3n) is 4.91. The van der Waals surface area contributed by atoms with E-state index in [-0.39, 0.29) is 5.91 Å². The van der Waals surface area contributed by atoms with Crippen molar-refractivity contribution in [3.05, 3.63) is 60.2 Å². The lowest BCUT2D eigenvalue weighted by Crippen LogP contribution is -2.33. The normalized spacial score (nSPS) is 15.1. The van der Waals surface area contributed by atoms with Gasteiger partial charge in [0.1, 0.15) is 5.75 Å². The van der Waals surface area contributed by atoms with Gasteiger partial charge in [0.25, 0.3) is 0 Å². The number of anilines is 1. The van der Waals surface area contributed by atoms with Crippen molar-refractivity contribution >= 4 is 11.6 Å². The number of likely N-dealkylation sites (tertiary alicyclic amines) is 1. The maximum atomic E-state index is 12.3. The topological polar surface area (TPSA) is 41.6 Å². The lowest BCUT2D eigenvalue weighted by Gasteiger charge is -2.19. The largest absolute Gasteiger partial charge is 0.494 e. The van der Waals surface area contributed by atoms with Gasteiger partial charge < -0.3 is 10.1 Å². The molecular weight excluding hydrogens is 336 g/mol. The molecule has 1 aliphatic rings. The number of hydrogen-bond donors (Lipinski definition) is 1. The third-order valence-corrected chi connectivity index (χ3v) is 4.91. The Labute approximate surface area is 162 Å². The Balaban J connectivity index is 1.41. The Morgan fingerprint density at radius 1 is 0.963 bits per heavy atom. The highest BCUT2D eigenvalue weighted by Gasteiger charge is 2.13. The maximum Gasteiger partial charge on any atom is 0.238 e. The number of hydrogen-bond acceptors (Lipinski definition) is 3. The van der Waals surface area contributed by atoms with Crippen LogP contribution in [0, 0.1) is 0 Å². The van der Waals surface area contributed by atoms with Crippen LogP contribution in [-0.2, 0) is 11.2 Å². The summed E-state index contributed by atoms with van der Waals surface area (Å²) < 4.78 is 5.85. The van der Waals surface area contributed by atoms with Gasteiger partial charge in [0.2, 0.25) is 5.91 Å². The summed E-state index contributed by atoms with van der Waals surface area (Å²) in [7, 11) is 0. The average molecular weight is 367 g/mol. The number of ether oxygens (including phenoxy) is 1. The Kier molecular flexibility index (Phi) is 7.72. The van der Waals surface area contributed by atoms with Gasteiger partial charge in [-0.1, -0.05) is 49.2 Å². The second kappa shape index (κ2) is 10.7. The molecule has 1 heterocycles. The number of nitrogens with zero attached hydrogens (tertiary/aromatic N) is 1. The summed E-state index contributed by atoms with van der Waals surface area (Å²) in [6.45, 7) is 3.19. The molecule has 0 bridgehead atoms. The molecule has 0 unspecified atom stereocenters. The van der Waals surface area contributed by atoms with Crippen LogP contribution in [0.15, 0.2) is 54.6 Å². The van der Waals surface area contributed by atoms with Crippen molar-refractivity contribution in [2.24, 2.45) is 0 Å². The van der Waals surface area contributed by atoms with Crippen molar-refractivity contribution < 1.29 is 9.53 Å². The molecule has 2 aromatic carbocycles. The Hall–Kier alpha value is -2.33. The quantitative estimate of drug-likeness (QED) is 0.699. The summed E-state index contributed by atoms with van der Waals surface area (Å²) in [5.41, 5.74) is 2.13. The molecule has 1 fully saturated rings. The minimum absolute atomic E-state index is 0.0538. The molecule has 1 saturated heterocycles. The predicted octanol–water partition coefficient (Wildman–Crippen LogP) is 4.51. The van der Waals surface area contributed by atoms with E-state index >= 15 is 0 Å². The van der Waals surface area contributed by atoms with Gasteiger partial charge in [-0.2, -0.15) is 0 Å². The zero-order valence-electron chi connectivity index (χ0n) is 16.0. The second-order valence-corrected chi connectivity index (χ2v) is 7.20. The molecule has 0 atom stereocenters. The fourth-order valence-corrected chi connectivity index (χ4v) is 3.47. The highest BCUT2D eigenvalue weighted by atomic mass is 16.5. The summed E-state index contributed by atoms with van der Waals surface area (Å²) in [4.78, 5) is 14.6. The smallest absolute Gasteiger partial charge is 0.238 e. The van der Waals surface area contributed by atoms with Crippen LogP contribution >= 0.6 is 0 Å². The number of carbonyl (C=O) groups excluding carboxylic acids is 1. The number of amides is 1. The van der Waals surface area contributed by atoms with Gasteiger partial charge in [-0.25, -0.2) is 0 Å². The highest BCUT2D eigenvalue weighted by Crippen LogP contribution is 2.18. The summed E-state index contributed by atoms with van der Waals surface area (Å²) >= 11 is 0. The molecule has 0 aliphatic carbocycles. The van der Waals surface area contributed by atoms with Crippen molar-refractivity contribution in [3.63, 3.8) is 0 Å². The molecule has 2 aromatic rings. The number of rotatable bonds is 8. The number of nitrogens with one attached hydrogen (secondary N) is 1. The SMILES string of the molecule is O=C(CN1CCCCCC1)Nc1cccc(OCCCc2ccccc2)c1. The highest BCUT2D eigenvalue weighted by molar-refractivity contribution is 5.92. The molecule has 3 rings (SSSR count). The van der Waals surface area contributed by atoms with Gasteiger partial charge >= 0.3 is 0 Å². The molecule has 0 spiro atoms. The van der Waals surface area contributed by atoms with E-state index in [9.17, 15) is 4.79 Å². The molecule has 4 nitrogen and oxygen atoms in total. The lowest BCUT2D eigenvalue weighted by molar-refractivity contribution is -0.117. The Morgan fingerprint density at radius 3 is 2.52 bits per heavy atom. The summed E-state index contributed by atoms with van der Waals surface area (Å²) in [5, 5.41) is 3.01. The van der Waals surface area contributed by atoms with Crippen LogP contribution in [0.1, 0.15) is 37.7 Å². The van der Waals surface area contributed by atoms with Gasteiger partial charge in [0, 0.05) is 11.8 Å². The van der Waals surface area contributed by atoms with Gasteiger partial charge in [-0.3, -0.25) is 9.69 Å². The van der Waals surface area contributed by atoms with E-state index in [1.165, 1.54) is 31.2 Å². The molecule has 0 saturated carbocycles. The van der Waals surface area contributed by atoms with Crippen LogP contribution in [0.25, 0.3) is 0 Å². The monoisotopic (exact) mass is 366 g/mol. The van der Waals surface area contributed by atoms with Crippen molar-refractivity contribution in [2.75, 3.05) is 31.6 Å². The Morgan fingerprint density at radius 2 is 1.74 bits per heavy atom. The van der Waals surface area contributed by atoms with Crippen molar-refractivity contribution in [2.45, 2.75) is 38.5 Å². The summed E-state index contributed by atoms with van der Waals surface area (Å²) in [5.74, 6) is 0.855. The lowest BCUT2D eigenvalue weighted by atomic mass is 10.1. The first kappa shape index (κ1) is 19.4. The Bertz CT molecular complexity index is 695. The average Bonchev–Trinajstić information content (AvgIpc) is 2.95. The molecule has 0 radical (unpaired) electrons. The van der Waals surface area contributed by atoms with E-state index in [0.717, 1.165) is 37.4 Å². The molecule has 1 amide bonds. The van der Waals surface area contributed by atoms with E-state index in [4.69, 9.17) is 4.74 Å². The standard InChI is InChI=1S/C23H30N2O2/c26-23(19-25-15-6-1-2-7-16-25)24-21-13-8-14-22(18-21)27-17-9-12-20-10-4-3-5-11-20/h3-5,8,10-11,13-14,18H,1-2,6-7,9,12,15-17,19H2,(H,24,26). The van der Waals surface area contributed by atoms with Gasteiger partial charge in [-0.05, 0) is 56.5 Å². The molecule has 0 aromatic heterocycles. The van der Waals surface area contributed by atoms with Crippen LogP contribution in [0.5, 0.6) is 5.75 Å². The van der Waals surface area contributed by atoms with Gasteiger partial charge in [-0.15, -0.1) is 0 Å². The van der Waals surface area contributed by atoms with Crippen LogP contribution in [-0.4, -0.2) is 37.0 Å². The molecule has 1 aliphatic heterocycles. The number of carbonyl (C=O) groups is 1.